The lowest BCUT2D eigenvalue weighted by Gasteiger charge is -2.33. The molecule has 0 atom stereocenters. The van der Waals surface area contributed by atoms with Gasteiger partial charge in [-0.15, -0.1) is 0 Å². The number of hydrogen-bond donors (Lipinski definition) is 0. The monoisotopic (exact) mass is 250 g/mol. The summed E-state index contributed by atoms with van der Waals surface area (Å²) < 4.78 is 0.736. The first-order chi connectivity index (χ1) is 6.66. The zero-order chi connectivity index (χ0) is 10.2. The van der Waals surface area contributed by atoms with Crippen LogP contribution < -0.4 is 0 Å². The number of ketones is 1. The minimum atomic E-state index is -0.606. The van der Waals surface area contributed by atoms with Gasteiger partial charge in [-0.05, 0) is 27.6 Å². The summed E-state index contributed by atoms with van der Waals surface area (Å²) in [6.45, 7) is 0. The normalized spacial score (nSPS) is 18.4. The van der Waals surface area contributed by atoms with Crippen molar-refractivity contribution in [2.24, 2.45) is 0 Å². The Balaban J connectivity index is 2.35. The average Bonchev–Trinajstić information content (AvgIpc) is 2.14. The van der Waals surface area contributed by atoms with Gasteiger partial charge in [-0.1, -0.05) is 6.07 Å². The topological polar surface area (TPSA) is 53.8 Å². The number of aromatic nitrogens is 1. The van der Waals surface area contributed by atoms with Crippen LogP contribution in [0.5, 0.6) is 0 Å². The number of nitrogens with zero attached hydrogens (tertiary/aromatic N) is 2. The lowest BCUT2D eigenvalue weighted by Crippen LogP contribution is -2.40. The van der Waals surface area contributed by atoms with Crippen LogP contribution in [0.2, 0.25) is 0 Å². The zero-order valence-electron chi connectivity index (χ0n) is 7.33. The maximum Gasteiger partial charge on any atom is 0.136 e. The molecule has 0 amide bonds. The Bertz CT molecular complexity index is 411. The van der Waals surface area contributed by atoms with Gasteiger partial charge < -0.3 is 0 Å². The minimum Gasteiger partial charge on any atom is -0.300 e. The van der Waals surface area contributed by atoms with Crippen molar-refractivity contribution in [1.29, 1.82) is 5.26 Å². The van der Waals surface area contributed by atoms with E-state index in [1.807, 2.05) is 6.07 Å². The first-order valence-corrected chi connectivity index (χ1v) is 5.01. The second-order valence-electron chi connectivity index (χ2n) is 3.46. The maximum atomic E-state index is 10.9. The quantitative estimate of drug-likeness (QED) is 0.717. The van der Waals surface area contributed by atoms with Crippen molar-refractivity contribution in [3.05, 3.63) is 28.5 Å². The van der Waals surface area contributed by atoms with E-state index < -0.39 is 5.41 Å². The van der Waals surface area contributed by atoms with Crippen LogP contribution in [0.15, 0.2) is 22.9 Å². The first-order valence-electron chi connectivity index (χ1n) is 4.21. The number of nitriles is 1. The molecule has 14 heavy (non-hydrogen) atoms. The standard InChI is InChI=1S/C10H7BrN2O/c11-9-2-1-7(5-13-9)10(6-12)3-8(14)4-10/h1-2,5H,3-4H2. The van der Waals surface area contributed by atoms with E-state index in [0.29, 0.717) is 12.8 Å². The number of rotatable bonds is 1. The van der Waals surface area contributed by atoms with Crippen LogP contribution >= 0.6 is 15.9 Å². The molecule has 0 spiro atoms. The van der Waals surface area contributed by atoms with Gasteiger partial charge >= 0.3 is 0 Å². The third-order valence-corrected chi connectivity index (χ3v) is 2.96. The fraction of sp³-hybridized carbons (Fsp3) is 0.300. The summed E-state index contributed by atoms with van der Waals surface area (Å²) >= 11 is 3.22. The molecule has 0 N–H and O–H groups in total. The molecule has 1 fully saturated rings. The fourth-order valence-corrected chi connectivity index (χ4v) is 1.86. The van der Waals surface area contributed by atoms with Gasteiger partial charge in [0, 0.05) is 19.0 Å². The van der Waals surface area contributed by atoms with Crippen LogP contribution in [0.25, 0.3) is 0 Å². The number of carbonyl (C=O) groups is 1. The van der Waals surface area contributed by atoms with E-state index in [1.54, 1.807) is 12.3 Å². The summed E-state index contributed by atoms with van der Waals surface area (Å²) in [6.07, 6.45) is 2.30. The highest BCUT2D eigenvalue weighted by molar-refractivity contribution is 9.10. The van der Waals surface area contributed by atoms with Gasteiger partial charge in [0.15, 0.2) is 0 Å². The SMILES string of the molecule is N#CC1(c2ccc(Br)nc2)CC(=O)C1. The first kappa shape index (κ1) is 9.35. The highest BCUT2D eigenvalue weighted by atomic mass is 79.9. The molecule has 0 aromatic carbocycles. The van der Waals surface area contributed by atoms with E-state index in [4.69, 9.17) is 5.26 Å². The van der Waals surface area contributed by atoms with E-state index in [1.165, 1.54) is 0 Å². The summed E-state index contributed by atoms with van der Waals surface area (Å²) in [5.74, 6) is 0.148. The predicted octanol–water partition coefficient (Wildman–Crippen LogP) is 1.97. The Morgan fingerprint density at radius 3 is 2.64 bits per heavy atom. The summed E-state index contributed by atoms with van der Waals surface area (Å²) in [5.41, 5.74) is 0.230. The lowest BCUT2D eigenvalue weighted by atomic mass is 9.65. The molecule has 1 aliphatic carbocycles. The molecule has 1 aromatic rings. The Morgan fingerprint density at radius 1 is 1.50 bits per heavy atom. The van der Waals surface area contributed by atoms with E-state index in [-0.39, 0.29) is 5.78 Å². The third kappa shape index (κ3) is 1.34. The molecule has 0 radical (unpaired) electrons. The molecule has 0 unspecified atom stereocenters. The van der Waals surface area contributed by atoms with E-state index >= 15 is 0 Å². The molecule has 1 aliphatic rings. The summed E-state index contributed by atoms with van der Waals surface area (Å²) in [5, 5.41) is 9.04. The molecule has 0 aliphatic heterocycles. The highest BCUT2D eigenvalue weighted by Crippen LogP contribution is 2.40. The Hall–Kier alpha value is -1.21. The van der Waals surface area contributed by atoms with Crippen LogP contribution in [-0.2, 0) is 10.2 Å². The van der Waals surface area contributed by atoms with Crippen molar-refractivity contribution >= 4 is 21.7 Å². The van der Waals surface area contributed by atoms with Gasteiger partial charge in [0.1, 0.15) is 10.4 Å². The largest absolute Gasteiger partial charge is 0.300 e. The zero-order valence-corrected chi connectivity index (χ0v) is 8.91. The van der Waals surface area contributed by atoms with Crippen molar-refractivity contribution in [3.8, 4) is 6.07 Å². The van der Waals surface area contributed by atoms with Gasteiger partial charge in [-0.25, -0.2) is 4.98 Å². The molecule has 70 valence electrons. The number of Topliss-reactive ketones (excluding diaryl/α,β-unsaturated/α-hetero) is 1. The second-order valence-corrected chi connectivity index (χ2v) is 4.27. The van der Waals surface area contributed by atoms with Crippen molar-refractivity contribution < 1.29 is 4.79 Å². The molecule has 1 heterocycles. The van der Waals surface area contributed by atoms with Crippen LogP contribution in [0.4, 0.5) is 0 Å². The Morgan fingerprint density at radius 2 is 2.21 bits per heavy atom. The van der Waals surface area contributed by atoms with E-state index in [0.717, 1.165) is 10.2 Å². The average molecular weight is 251 g/mol. The smallest absolute Gasteiger partial charge is 0.136 e. The van der Waals surface area contributed by atoms with Gasteiger partial charge in [0.25, 0.3) is 0 Å². The molecule has 0 bridgehead atoms. The van der Waals surface area contributed by atoms with Crippen molar-refractivity contribution in [3.63, 3.8) is 0 Å². The Kier molecular flexibility index (Phi) is 2.12. The highest BCUT2D eigenvalue weighted by Gasteiger charge is 2.45. The van der Waals surface area contributed by atoms with Crippen molar-refractivity contribution in [1.82, 2.24) is 4.98 Å². The second kappa shape index (κ2) is 3.18. The fourth-order valence-electron chi connectivity index (χ4n) is 1.63. The predicted molar refractivity (Wildman–Crippen MR) is 53.5 cm³/mol. The minimum absolute atomic E-state index is 0.148. The van der Waals surface area contributed by atoms with E-state index in [9.17, 15) is 4.79 Å². The third-order valence-electron chi connectivity index (χ3n) is 2.49. The van der Waals surface area contributed by atoms with Crippen LogP contribution in [0.1, 0.15) is 18.4 Å². The molecule has 1 saturated carbocycles. The van der Waals surface area contributed by atoms with Crippen molar-refractivity contribution in [2.45, 2.75) is 18.3 Å². The number of hydrogen-bond acceptors (Lipinski definition) is 3. The van der Waals surface area contributed by atoms with Gasteiger partial charge in [0.2, 0.25) is 0 Å². The molecule has 1 aromatic heterocycles. The Labute approximate surface area is 89.9 Å². The number of halogens is 1. The molecular formula is C10H7BrN2O. The molecule has 0 saturated heterocycles. The van der Waals surface area contributed by atoms with Crippen LogP contribution in [-0.4, -0.2) is 10.8 Å². The molecule has 4 heteroatoms. The number of carbonyl (C=O) groups excluding carboxylic acids is 1. The molecule has 2 rings (SSSR count). The van der Waals surface area contributed by atoms with Crippen molar-refractivity contribution in [2.75, 3.05) is 0 Å². The maximum absolute atomic E-state index is 10.9. The van der Waals surface area contributed by atoms with Crippen LogP contribution in [0.3, 0.4) is 0 Å². The van der Waals surface area contributed by atoms with Gasteiger partial charge in [-0.3, -0.25) is 4.79 Å². The molecule has 3 nitrogen and oxygen atoms in total. The lowest BCUT2D eigenvalue weighted by molar-refractivity contribution is -0.126. The van der Waals surface area contributed by atoms with Gasteiger partial charge in [0.05, 0.1) is 11.5 Å². The van der Waals surface area contributed by atoms with Crippen LogP contribution in [0, 0.1) is 11.3 Å². The summed E-state index contributed by atoms with van der Waals surface area (Å²) in [4.78, 5) is 15.0. The van der Waals surface area contributed by atoms with Gasteiger partial charge in [-0.2, -0.15) is 5.26 Å². The number of pyridine rings is 1. The molecular weight excluding hydrogens is 244 g/mol. The van der Waals surface area contributed by atoms with E-state index in [2.05, 4.69) is 27.0 Å². The summed E-state index contributed by atoms with van der Waals surface area (Å²) in [7, 11) is 0. The summed E-state index contributed by atoms with van der Waals surface area (Å²) in [6, 6.07) is 5.83.